The summed E-state index contributed by atoms with van der Waals surface area (Å²) < 4.78 is 25.5. The Labute approximate surface area is 204 Å². The smallest absolute Gasteiger partial charge is 0.295 e. The second kappa shape index (κ2) is 10.6. The highest BCUT2D eigenvalue weighted by atomic mass is 19.1. The average Bonchev–Trinajstić information content (AvgIpc) is 3.09. The zero-order chi connectivity index (χ0) is 25.1. The summed E-state index contributed by atoms with van der Waals surface area (Å²) >= 11 is 0. The number of ketones is 1. The fraction of sp³-hybridized carbons (Fsp3) is 0.407. The van der Waals surface area contributed by atoms with Crippen molar-refractivity contribution in [3.63, 3.8) is 0 Å². The number of ether oxygens (including phenoxy) is 2. The highest BCUT2D eigenvalue weighted by Gasteiger charge is 2.46. The number of halogens is 1. The number of aliphatic hydroxyl groups excluding tert-OH is 1. The van der Waals surface area contributed by atoms with Crippen molar-refractivity contribution in [2.45, 2.75) is 32.9 Å². The summed E-state index contributed by atoms with van der Waals surface area (Å²) in [6.45, 7) is 9.17. The lowest BCUT2D eigenvalue weighted by atomic mass is 9.94. The van der Waals surface area contributed by atoms with Gasteiger partial charge in [0.05, 0.1) is 30.9 Å². The number of morpholine rings is 1. The third-order valence-electron chi connectivity index (χ3n) is 6.26. The largest absolute Gasteiger partial charge is 0.507 e. The van der Waals surface area contributed by atoms with Crippen LogP contribution in [-0.2, 0) is 14.3 Å². The van der Waals surface area contributed by atoms with Gasteiger partial charge >= 0.3 is 0 Å². The Bertz CT molecular complexity index is 1120. The maximum absolute atomic E-state index is 14.7. The molecular weight excluding hydrogens is 451 g/mol. The lowest BCUT2D eigenvalue weighted by Crippen LogP contribution is -2.42. The van der Waals surface area contributed by atoms with E-state index in [1.807, 2.05) is 31.2 Å². The second-order valence-corrected chi connectivity index (χ2v) is 9.17. The van der Waals surface area contributed by atoms with Crippen molar-refractivity contribution in [2.24, 2.45) is 0 Å². The molecule has 0 radical (unpaired) electrons. The van der Waals surface area contributed by atoms with Crippen LogP contribution >= 0.6 is 0 Å². The van der Waals surface area contributed by atoms with Crippen molar-refractivity contribution in [2.75, 3.05) is 39.4 Å². The summed E-state index contributed by atoms with van der Waals surface area (Å²) in [7, 11) is 0. The number of aliphatic hydroxyl groups is 1. The van der Waals surface area contributed by atoms with E-state index < -0.39 is 29.3 Å². The molecule has 0 aromatic heterocycles. The zero-order valence-corrected chi connectivity index (χ0v) is 20.3. The van der Waals surface area contributed by atoms with E-state index in [-0.39, 0.29) is 23.0 Å². The Morgan fingerprint density at radius 3 is 2.43 bits per heavy atom. The first-order valence-electron chi connectivity index (χ1n) is 11.9. The van der Waals surface area contributed by atoms with E-state index in [0.717, 1.165) is 24.7 Å². The molecule has 2 saturated heterocycles. The van der Waals surface area contributed by atoms with E-state index in [0.29, 0.717) is 31.9 Å². The molecule has 2 aromatic rings. The minimum absolute atomic E-state index is 0.0437. The third-order valence-corrected chi connectivity index (χ3v) is 6.26. The molecule has 0 saturated carbocycles. The summed E-state index contributed by atoms with van der Waals surface area (Å²) in [5.41, 5.74) is 1.81. The number of aryl methyl sites for hydroxylation is 1. The molecule has 1 N–H and O–H groups in total. The Morgan fingerprint density at radius 2 is 1.80 bits per heavy atom. The molecule has 1 unspecified atom stereocenters. The molecule has 2 aliphatic heterocycles. The van der Waals surface area contributed by atoms with Crippen LogP contribution in [0.25, 0.3) is 5.76 Å². The average molecular weight is 483 g/mol. The monoisotopic (exact) mass is 482 g/mol. The zero-order valence-electron chi connectivity index (χ0n) is 20.3. The predicted octanol–water partition coefficient (Wildman–Crippen LogP) is 3.68. The molecule has 2 heterocycles. The summed E-state index contributed by atoms with van der Waals surface area (Å²) in [4.78, 5) is 30.0. The van der Waals surface area contributed by atoms with E-state index in [1.54, 1.807) is 13.8 Å². The van der Waals surface area contributed by atoms with Crippen LogP contribution in [0, 0.1) is 12.7 Å². The van der Waals surface area contributed by atoms with Crippen LogP contribution in [0.1, 0.15) is 36.6 Å². The van der Waals surface area contributed by atoms with Crippen LogP contribution < -0.4 is 4.74 Å². The summed E-state index contributed by atoms with van der Waals surface area (Å²) in [6.07, 6.45) is -0.220. The lowest BCUT2D eigenvalue weighted by Gasteiger charge is -2.31. The minimum Gasteiger partial charge on any atom is -0.507 e. The van der Waals surface area contributed by atoms with Crippen molar-refractivity contribution < 1.29 is 28.6 Å². The SMILES string of the molecule is Cc1ccc(C2/C(=C(/O)c3ccc(OC(C)C)c(F)c3)C(=O)C(=O)N2CCN2CCOCC2)cc1. The molecule has 7 nitrogen and oxygen atoms in total. The van der Waals surface area contributed by atoms with E-state index in [9.17, 15) is 19.1 Å². The molecule has 2 fully saturated rings. The molecule has 2 aromatic carbocycles. The fourth-order valence-corrected chi connectivity index (χ4v) is 4.43. The number of rotatable bonds is 7. The first-order valence-corrected chi connectivity index (χ1v) is 11.9. The topological polar surface area (TPSA) is 79.3 Å². The van der Waals surface area contributed by atoms with Gasteiger partial charge in [-0.25, -0.2) is 4.39 Å². The standard InChI is InChI=1S/C27H31FN2O5/c1-17(2)35-22-9-8-20(16-21(22)28)25(31)23-24(19-6-4-18(3)5-7-19)30(27(33)26(23)32)11-10-29-12-14-34-15-13-29/h4-9,16-17,24,31H,10-15H2,1-3H3/b25-23-. The van der Waals surface area contributed by atoms with Crippen LogP contribution in [-0.4, -0.2) is 72.1 Å². The number of hydrogen-bond acceptors (Lipinski definition) is 6. The molecule has 0 bridgehead atoms. The minimum atomic E-state index is -0.780. The highest BCUT2D eigenvalue weighted by Crippen LogP contribution is 2.39. The number of Topliss-reactive ketones (excluding diaryl/α,β-unsaturated/α-hetero) is 1. The molecular formula is C27H31FN2O5. The first kappa shape index (κ1) is 24.9. The number of likely N-dealkylation sites (tertiary alicyclic amines) is 1. The van der Waals surface area contributed by atoms with Crippen molar-refractivity contribution in [3.05, 3.63) is 70.5 Å². The van der Waals surface area contributed by atoms with Gasteiger partial charge in [-0.05, 0) is 44.5 Å². The maximum atomic E-state index is 14.7. The number of carbonyl (C=O) groups is 2. The van der Waals surface area contributed by atoms with Gasteiger partial charge in [0.2, 0.25) is 0 Å². The fourth-order valence-electron chi connectivity index (χ4n) is 4.43. The molecule has 186 valence electrons. The van der Waals surface area contributed by atoms with E-state index in [4.69, 9.17) is 9.47 Å². The molecule has 1 atom stereocenters. The van der Waals surface area contributed by atoms with Crippen molar-refractivity contribution in [1.82, 2.24) is 9.80 Å². The predicted molar refractivity (Wildman–Crippen MR) is 130 cm³/mol. The maximum Gasteiger partial charge on any atom is 0.295 e. The molecule has 1 amide bonds. The van der Waals surface area contributed by atoms with E-state index in [2.05, 4.69) is 4.90 Å². The van der Waals surface area contributed by atoms with Gasteiger partial charge in [0, 0.05) is 31.7 Å². The summed E-state index contributed by atoms with van der Waals surface area (Å²) in [5, 5.41) is 11.2. The number of benzene rings is 2. The third kappa shape index (κ3) is 5.39. The first-order chi connectivity index (χ1) is 16.8. The van der Waals surface area contributed by atoms with Gasteiger partial charge in [0.1, 0.15) is 5.76 Å². The molecule has 35 heavy (non-hydrogen) atoms. The summed E-state index contributed by atoms with van der Waals surface area (Å²) in [5.74, 6) is -2.46. The van der Waals surface area contributed by atoms with Crippen LogP contribution in [0.4, 0.5) is 4.39 Å². The van der Waals surface area contributed by atoms with E-state index >= 15 is 0 Å². The van der Waals surface area contributed by atoms with Gasteiger partial charge in [-0.2, -0.15) is 0 Å². The van der Waals surface area contributed by atoms with E-state index in [1.165, 1.54) is 17.0 Å². The number of hydrogen-bond donors (Lipinski definition) is 1. The highest BCUT2D eigenvalue weighted by molar-refractivity contribution is 6.46. The van der Waals surface area contributed by atoms with Crippen molar-refractivity contribution >= 4 is 17.4 Å². The lowest BCUT2D eigenvalue weighted by molar-refractivity contribution is -0.140. The van der Waals surface area contributed by atoms with Crippen LogP contribution in [0.15, 0.2) is 48.0 Å². The van der Waals surface area contributed by atoms with Crippen LogP contribution in [0.2, 0.25) is 0 Å². The number of nitrogens with zero attached hydrogens (tertiary/aromatic N) is 2. The molecule has 0 spiro atoms. The molecule has 2 aliphatic rings. The van der Waals surface area contributed by atoms with Gasteiger partial charge in [0.25, 0.3) is 11.7 Å². The molecule has 8 heteroatoms. The Kier molecular flexibility index (Phi) is 7.52. The van der Waals surface area contributed by atoms with Gasteiger partial charge in [-0.1, -0.05) is 29.8 Å². The van der Waals surface area contributed by atoms with Crippen molar-refractivity contribution in [3.8, 4) is 5.75 Å². The molecule has 0 aliphatic carbocycles. The Balaban J connectivity index is 1.72. The van der Waals surface area contributed by atoms with Gasteiger partial charge in [-0.3, -0.25) is 14.5 Å². The Morgan fingerprint density at radius 1 is 1.11 bits per heavy atom. The van der Waals surface area contributed by atoms with Gasteiger partial charge in [0.15, 0.2) is 11.6 Å². The second-order valence-electron chi connectivity index (χ2n) is 9.17. The van der Waals surface area contributed by atoms with Crippen molar-refractivity contribution in [1.29, 1.82) is 0 Å². The van der Waals surface area contributed by atoms with Gasteiger partial charge in [-0.15, -0.1) is 0 Å². The Hall–Kier alpha value is -3.23. The van der Waals surface area contributed by atoms with Crippen LogP contribution in [0.5, 0.6) is 5.75 Å². The number of amides is 1. The van der Waals surface area contributed by atoms with Gasteiger partial charge < -0.3 is 19.5 Å². The number of carbonyl (C=O) groups excluding carboxylic acids is 2. The summed E-state index contributed by atoms with van der Waals surface area (Å²) in [6, 6.07) is 10.8. The quantitative estimate of drug-likeness (QED) is 0.369. The molecule has 4 rings (SSSR count). The normalized spacial score (nSPS) is 20.6. The van der Waals surface area contributed by atoms with Crippen LogP contribution in [0.3, 0.4) is 0 Å².